The minimum Gasteiger partial charge on any atom is -0.396 e. The van der Waals surface area contributed by atoms with Crippen molar-refractivity contribution < 1.29 is 13.5 Å². The molecule has 0 bridgehead atoms. The molecule has 0 amide bonds. The average molecular weight is 351 g/mol. The zero-order valence-corrected chi connectivity index (χ0v) is 14.0. The Morgan fingerprint density at radius 1 is 1.22 bits per heavy atom. The van der Waals surface area contributed by atoms with Crippen molar-refractivity contribution >= 4 is 32.5 Å². The summed E-state index contributed by atoms with van der Waals surface area (Å²) in [6.07, 6.45) is 1.82. The Labute approximate surface area is 139 Å². The summed E-state index contributed by atoms with van der Waals surface area (Å²) in [5, 5.41) is 14.2. The largest absolute Gasteiger partial charge is 0.396 e. The lowest BCUT2D eigenvalue weighted by atomic mass is 10.1. The third-order valence-corrected chi connectivity index (χ3v) is 5.60. The number of aliphatic hydroxyl groups excluding tert-OH is 1. The van der Waals surface area contributed by atoms with E-state index in [2.05, 4.69) is 5.10 Å². The number of nitrogens with zero attached hydrogens (tertiary/aromatic N) is 2. The van der Waals surface area contributed by atoms with E-state index in [0.717, 1.165) is 9.65 Å². The third kappa shape index (κ3) is 2.85. The molecule has 0 saturated carbocycles. The van der Waals surface area contributed by atoms with E-state index in [9.17, 15) is 8.42 Å². The van der Waals surface area contributed by atoms with Crippen LogP contribution in [0.3, 0.4) is 0 Å². The van der Waals surface area contributed by atoms with Gasteiger partial charge in [0.15, 0.2) is 0 Å². The molecule has 1 heterocycles. The van der Waals surface area contributed by atoms with E-state index in [1.165, 1.54) is 6.20 Å². The summed E-state index contributed by atoms with van der Waals surface area (Å²) in [4.78, 5) is 0.173. The number of halogens is 1. The van der Waals surface area contributed by atoms with Crippen LogP contribution in [0.2, 0.25) is 5.02 Å². The van der Waals surface area contributed by atoms with Crippen molar-refractivity contribution in [1.82, 2.24) is 9.19 Å². The second-order valence-corrected chi connectivity index (χ2v) is 7.46. The number of aliphatic hydroxyl groups is 1. The molecular formula is C16H15ClN2O3S. The monoisotopic (exact) mass is 350 g/mol. The van der Waals surface area contributed by atoms with Crippen LogP contribution >= 0.6 is 11.6 Å². The van der Waals surface area contributed by atoms with E-state index in [1.807, 2.05) is 6.92 Å². The van der Waals surface area contributed by atoms with Gasteiger partial charge in [-0.25, -0.2) is 0 Å². The van der Waals surface area contributed by atoms with Crippen molar-refractivity contribution in [2.75, 3.05) is 6.61 Å². The topological polar surface area (TPSA) is 72.2 Å². The van der Waals surface area contributed by atoms with Crippen molar-refractivity contribution in [3.63, 3.8) is 0 Å². The van der Waals surface area contributed by atoms with E-state index in [1.54, 1.807) is 36.4 Å². The third-order valence-electron chi connectivity index (χ3n) is 3.63. The van der Waals surface area contributed by atoms with Crippen molar-refractivity contribution in [2.24, 2.45) is 0 Å². The number of fused-ring (bicyclic) bond motifs is 1. The van der Waals surface area contributed by atoms with E-state index >= 15 is 0 Å². The van der Waals surface area contributed by atoms with Crippen molar-refractivity contribution in [1.29, 1.82) is 0 Å². The van der Waals surface area contributed by atoms with Gasteiger partial charge in [-0.05, 0) is 43.2 Å². The standard InChI is InChI=1S/C16H15ClN2O3S/c1-11-2-4-14(5-3-11)23(21,22)19-16-9-12(6-7-20)15(17)8-13(16)10-18-19/h2-5,8-10,20H,6-7H2,1H3. The second kappa shape index (κ2) is 5.96. The van der Waals surface area contributed by atoms with Gasteiger partial charge in [-0.3, -0.25) is 0 Å². The van der Waals surface area contributed by atoms with Crippen molar-refractivity contribution in [2.45, 2.75) is 18.2 Å². The zero-order chi connectivity index (χ0) is 16.6. The zero-order valence-electron chi connectivity index (χ0n) is 12.4. The van der Waals surface area contributed by atoms with Crippen LogP contribution in [-0.2, 0) is 16.4 Å². The Hall–Kier alpha value is -1.89. The highest BCUT2D eigenvalue weighted by Crippen LogP contribution is 2.27. The predicted octanol–water partition coefficient (Wildman–Crippen LogP) is 2.77. The summed E-state index contributed by atoms with van der Waals surface area (Å²) >= 11 is 6.14. The van der Waals surface area contributed by atoms with Gasteiger partial charge in [0.05, 0.1) is 16.6 Å². The average Bonchev–Trinajstić information content (AvgIpc) is 2.91. The fourth-order valence-corrected chi connectivity index (χ4v) is 3.91. The molecule has 0 saturated heterocycles. The molecule has 0 aliphatic heterocycles. The van der Waals surface area contributed by atoms with Crippen LogP contribution in [0.15, 0.2) is 47.5 Å². The molecule has 1 aromatic heterocycles. The summed E-state index contributed by atoms with van der Waals surface area (Å²) in [5.74, 6) is 0. The van der Waals surface area contributed by atoms with Crippen LogP contribution in [0.4, 0.5) is 0 Å². The Bertz CT molecular complexity index is 963. The molecule has 2 aromatic carbocycles. The molecule has 3 rings (SSSR count). The first kappa shape index (κ1) is 16.0. The van der Waals surface area contributed by atoms with Crippen LogP contribution in [-0.4, -0.2) is 29.3 Å². The number of hydrogen-bond acceptors (Lipinski definition) is 4. The predicted molar refractivity (Wildman–Crippen MR) is 89.3 cm³/mol. The number of rotatable bonds is 4. The Morgan fingerprint density at radius 3 is 2.57 bits per heavy atom. The molecule has 5 nitrogen and oxygen atoms in total. The van der Waals surface area contributed by atoms with Gasteiger partial charge in [-0.1, -0.05) is 29.3 Å². The number of aryl methyl sites for hydroxylation is 1. The van der Waals surface area contributed by atoms with Crippen LogP contribution in [0.25, 0.3) is 10.9 Å². The molecule has 0 unspecified atom stereocenters. The van der Waals surface area contributed by atoms with E-state index in [4.69, 9.17) is 16.7 Å². The summed E-state index contributed by atoms with van der Waals surface area (Å²) in [6, 6.07) is 9.92. The normalized spacial score (nSPS) is 12.0. The molecule has 0 atom stereocenters. The lowest BCUT2D eigenvalue weighted by Crippen LogP contribution is -2.14. The first-order valence-electron chi connectivity index (χ1n) is 7.03. The fourth-order valence-electron chi connectivity index (χ4n) is 2.38. The molecule has 0 spiro atoms. The van der Waals surface area contributed by atoms with Crippen LogP contribution in [0.5, 0.6) is 0 Å². The van der Waals surface area contributed by atoms with Crippen LogP contribution in [0.1, 0.15) is 11.1 Å². The summed E-state index contributed by atoms with van der Waals surface area (Å²) in [6.45, 7) is 1.83. The number of aromatic nitrogens is 2. The number of benzene rings is 2. The first-order chi connectivity index (χ1) is 10.9. The van der Waals surface area contributed by atoms with Crippen LogP contribution < -0.4 is 0 Å². The van der Waals surface area contributed by atoms with E-state index in [-0.39, 0.29) is 11.5 Å². The fraction of sp³-hybridized carbons (Fsp3) is 0.188. The minimum absolute atomic E-state index is 0.0654. The van der Waals surface area contributed by atoms with Crippen molar-refractivity contribution in [3.8, 4) is 0 Å². The van der Waals surface area contributed by atoms with Gasteiger partial charge in [0, 0.05) is 17.0 Å². The Kier molecular flexibility index (Phi) is 4.14. The van der Waals surface area contributed by atoms with Gasteiger partial charge in [-0.15, -0.1) is 0 Å². The van der Waals surface area contributed by atoms with Gasteiger partial charge >= 0.3 is 0 Å². The quantitative estimate of drug-likeness (QED) is 0.785. The van der Waals surface area contributed by atoms with Gasteiger partial charge in [0.1, 0.15) is 0 Å². The molecule has 23 heavy (non-hydrogen) atoms. The maximum Gasteiger partial charge on any atom is 0.283 e. The Balaban J connectivity index is 2.19. The molecule has 0 aliphatic carbocycles. The smallest absolute Gasteiger partial charge is 0.283 e. The highest BCUT2D eigenvalue weighted by Gasteiger charge is 2.21. The van der Waals surface area contributed by atoms with E-state index < -0.39 is 10.0 Å². The first-order valence-corrected chi connectivity index (χ1v) is 8.84. The summed E-state index contributed by atoms with van der Waals surface area (Å²) < 4.78 is 26.6. The molecule has 120 valence electrons. The van der Waals surface area contributed by atoms with Gasteiger partial charge < -0.3 is 5.11 Å². The summed E-state index contributed by atoms with van der Waals surface area (Å²) in [5.41, 5.74) is 2.10. The maximum absolute atomic E-state index is 12.8. The molecule has 1 N–H and O–H groups in total. The molecule has 0 fully saturated rings. The Morgan fingerprint density at radius 2 is 1.91 bits per heavy atom. The SMILES string of the molecule is Cc1ccc(S(=O)(=O)n2ncc3cc(Cl)c(CCO)cc32)cc1. The molecule has 0 aliphatic rings. The van der Waals surface area contributed by atoms with Gasteiger partial charge in [0.25, 0.3) is 10.0 Å². The second-order valence-electron chi connectivity index (χ2n) is 5.28. The molecule has 3 aromatic rings. The van der Waals surface area contributed by atoms with Crippen LogP contribution in [0, 0.1) is 6.92 Å². The lowest BCUT2D eigenvalue weighted by Gasteiger charge is -2.08. The highest BCUT2D eigenvalue weighted by molar-refractivity contribution is 7.90. The molecular weight excluding hydrogens is 336 g/mol. The van der Waals surface area contributed by atoms with E-state index in [0.29, 0.717) is 27.9 Å². The lowest BCUT2D eigenvalue weighted by molar-refractivity contribution is 0.299. The van der Waals surface area contributed by atoms with Crippen molar-refractivity contribution in [3.05, 3.63) is 58.7 Å². The molecule has 0 radical (unpaired) electrons. The maximum atomic E-state index is 12.8. The highest BCUT2D eigenvalue weighted by atomic mass is 35.5. The summed E-state index contributed by atoms with van der Waals surface area (Å²) in [7, 11) is -3.78. The number of hydrogen-bond donors (Lipinski definition) is 1. The van der Waals surface area contributed by atoms with Gasteiger partial charge in [0.2, 0.25) is 0 Å². The van der Waals surface area contributed by atoms with Gasteiger partial charge in [-0.2, -0.15) is 17.6 Å². The molecule has 7 heteroatoms. The minimum atomic E-state index is -3.78.